The second-order valence-corrected chi connectivity index (χ2v) is 7.56. The number of hydrogen-bond donors (Lipinski definition) is 3. The highest BCUT2D eigenvalue weighted by Crippen LogP contribution is 2.29. The molecule has 1 aliphatic rings. The zero-order chi connectivity index (χ0) is 23.1. The first kappa shape index (κ1) is 28.0. The minimum Gasteiger partial charge on any atom is -0.357 e. The van der Waals surface area contributed by atoms with Gasteiger partial charge in [-0.15, -0.1) is 24.0 Å². The summed E-state index contributed by atoms with van der Waals surface area (Å²) in [6.45, 7) is 7.34. The molecule has 1 aliphatic heterocycles. The summed E-state index contributed by atoms with van der Waals surface area (Å²) >= 11 is 0. The molecule has 0 bridgehead atoms. The van der Waals surface area contributed by atoms with E-state index in [1.54, 1.807) is 6.92 Å². The number of halogens is 4. The number of benzene rings is 1. The molecule has 1 heterocycles. The first-order valence-corrected chi connectivity index (χ1v) is 10.4. The second kappa shape index (κ2) is 12.3. The molecule has 1 aromatic carbocycles. The van der Waals surface area contributed by atoms with Gasteiger partial charge in [-0.25, -0.2) is 4.79 Å². The minimum absolute atomic E-state index is 0. The van der Waals surface area contributed by atoms with E-state index in [1.807, 2.05) is 13.8 Å². The molecule has 1 unspecified atom stereocenters. The molecule has 2 rings (SSSR count). The van der Waals surface area contributed by atoms with Gasteiger partial charge in [-0.3, -0.25) is 14.7 Å². The lowest BCUT2D eigenvalue weighted by Gasteiger charge is -2.19. The Morgan fingerprint density at radius 1 is 1.16 bits per heavy atom. The Balaban J connectivity index is 0.00000512. The van der Waals surface area contributed by atoms with E-state index >= 15 is 0 Å². The lowest BCUT2D eigenvalue weighted by Crippen LogP contribution is -2.43. The van der Waals surface area contributed by atoms with Crippen molar-refractivity contribution in [3.05, 3.63) is 35.4 Å². The third-order valence-electron chi connectivity index (χ3n) is 5.19. The highest BCUT2D eigenvalue weighted by atomic mass is 127. The van der Waals surface area contributed by atoms with Crippen LogP contribution in [-0.4, -0.2) is 54.5 Å². The van der Waals surface area contributed by atoms with Crippen molar-refractivity contribution in [3.63, 3.8) is 0 Å². The summed E-state index contributed by atoms with van der Waals surface area (Å²) in [5.41, 5.74) is -0.716. The average Bonchev–Trinajstić information content (AvgIpc) is 2.94. The maximum atomic E-state index is 12.6. The molecule has 32 heavy (non-hydrogen) atoms. The first-order chi connectivity index (χ1) is 14.6. The van der Waals surface area contributed by atoms with Crippen molar-refractivity contribution in [2.45, 2.75) is 51.7 Å². The number of urea groups is 1. The molecule has 1 fully saturated rings. The lowest BCUT2D eigenvalue weighted by atomic mass is 9.99. The van der Waals surface area contributed by atoms with Crippen molar-refractivity contribution in [1.82, 2.24) is 20.9 Å². The fraction of sp³-hybridized carbons (Fsp3) is 0.571. The number of carbonyl (C=O) groups is 2. The molecular formula is C21H31F3IN5O2. The number of amides is 3. The maximum Gasteiger partial charge on any atom is 0.416 e. The van der Waals surface area contributed by atoms with Crippen LogP contribution in [-0.2, 0) is 17.4 Å². The third-order valence-corrected chi connectivity index (χ3v) is 5.19. The van der Waals surface area contributed by atoms with Gasteiger partial charge in [-0.05, 0) is 50.8 Å². The van der Waals surface area contributed by atoms with Crippen LogP contribution >= 0.6 is 24.0 Å². The third kappa shape index (κ3) is 7.52. The normalized spacial score (nSPS) is 18.9. The summed E-state index contributed by atoms with van der Waals surface area (Å²) in [7, 11) is 0. The smallest absolute Gasteiger partial charge is 0.357 e. The van der Waals surface area contributed by atoms with Crippen LogP contribution in [0.2, 0.25) is 0 Å². The van der Waals surface area contributed by atoms with Gasteiger partial charge < -0.3 is 16.0 Å². The minimum atomic E-state index is -4.34. The Bertz CT molecular complexity index is 802. The summed E-state index contributed by atoms with van der Waals surface area (Å²) in [5.74, 6) is 0.357. The maximum absolute atomic E-state index is 12.6. The molecule has 0 aromatic heterocycles. The van der Waals surface area contributed by atoms with Crippen molar-refractivity contribution in [3.8, 4) is 0 Å². The van der Waals surface area contributed by atoms with E-state index in [0.717, 1.165) is 17.7 Å². The van der Waals surface area contributed by atoms with Crippen LogP contribution in [0.15, 0.2) is 29.3 Å². The highest BCUT2D eigenvalue weighted by Gasteiger charge is 2.45. The van der Waals surface area contributed by atoms with Gasteiger partial charge in [0.1, 0.15) is 5.54 Å². The van der Waals surface area contributed by atoms with Gasteiger partial charge in [0, 0.05) is 26.2 Å². The SMILES string of the molecule is CCNC(=NCCCN1C(=O)NC(C)(CC)C1=O)NCCc1ccc(C(F)(F)F)cc1.I. The summed E-state index contributed by atoms with van der Waals surface area (Å²) in [4.78, 5) is 30.0. The fourth-order valence-corrected chi connectivity index (χ4v) is 3.14. The van der Waals surface area contributed by atoms with E-state index in [-0.39, 0.29) is 42.5 Å². The zero-order valence-electron chi connectivity index (χ0n) is 18.5. The standard InChI is InChI=1S/C21H30F3N5O2.HI/c1-4-20(3)17(30)29(19(31)28-20)14-6-12-26-18(25-5-2)27-13-11-15-7-9-16(10-8-15)21(22,23)24;/h7-10H,4-6,11-14H2,1-3H3,(H,28,31)(H2,25,26,27);1H. The molecule has 1 saturated heterocycles. The van der Waals surface area contributed by atoms with Gasteiger partial charge in [-0.2, -0.15) is 13.2 Å². The Morgan fingerprint density at radius 3 is 2.34 bits per heavy atom. The zero-order valence-corrected chi connectivity index (χ0v) is 20.8. The molecule has 180 valence electrons. The van der Waals surface area contributed by atoms with Crippen LogP contribution in [0.3, 0.4) is 0 Å². The second-order valence-electron chi connectivity index (χ2n) is 7.56. The van der Waals surface area contributed by atoms with Gasteiger partial charge >= 0.3 is 12.2 Å². The summed E-state index contributed by atoms with van der Waals surface area (Å²) in [5, 5.41) is 8.95. The lowest BCUT2D eigenvalue weighted by molar-refractivity contribution is -0.137. The number of hydrogen-bond acceptors (Lipinski definition) is 3. The van der Waals surface area contributed by atoms with Gasteiger partial charge in [0.25, 0.3) is 5.91 Å². The molecule has 0 saturated carbocycles. The monoisotopic (exact) mass is 569 g/mol. The number of alkyl halides is 3. The van der Waals surface area contributed by atoms with E-state index in [0.29, 0.717) is 44.9 Å². The number of imide groups is 1. The first-order valence-electron chi connectivity index (χ1n) is 10.4. The van der Waals surface area contributed by atoms with Crippen molar-refractivity contribution in [2.75, 3.05) is 26.2 Å². The van der Waals surface area contributed by atoms with Crippen molar-refractivity contribution in [2.24, 2.45) is 4.99 Å². The van der Waals surface area contributed by atoms with Gasteiger partial charge in [0.05, 0.1) is 5.56 Å². The number of nitrogens with one attached hydrogen (secondary N) is 3. The Hall–Kier alpha value is -2.05. The van der Waals surface area contributed by atoms with E-state index in [9.17, 15) is 22.8 Å². The van der Waals surface area contributed by atoms with Crippen LogP contribution in [0, 0.1) is 0 Å². The molecule has 3 N–H and O–H groups in total. The summed E-state index contributed by atoms with van der Waals surface area (Å²) in [6.07, 6.45) is -2.74. The van der Waals surface area contributed by atoms with E-state index < -0.39 is 17.3 Å². The Morgan fingerprint density at radius 2 is 1.81 bits per heavy atom. The summed E-state index contributed by atoms with van der Waals surface area (Å²) in [6, 6.07) is 4.72. The molecule has 1 atom stereocenters. The largest absolute Gasteiger partial charge is 0.416 e. The van der Waals surface area contributed by atoms with Crippen molar-refractivity contribution in [1.29, 1.82) is 0 Å². The van der Waals surface area contributed by atoms with Crippen molar-refractivity contribution < 1.29 is 22.8 Å². The van der Waals surface area contributed by atoms with E-state index in [4.69, 9.17) is 0 Å². The number of guanidine groups is 1. The Labute approximate surface area is 203 Å². The number of aliphatic imine (C=N–C) groups is 1. The van der Waals surface area contributed by atoms with Crippen LogP contribution in [0.1, 0.15) is 44.7 Å². The number of carbonyl (C=O) groups excluding carboxylic acids is 2. The topological polar surface area (TPSA) is 85.8 Å². The molecule has 11 heteroatoms. The van der Waals surface area contributed by atoms with Gasteiger partial charge in [0.15, 0.2) is 5.96 Å². The highest BCUT2D eigenvalue weighted by molar-refractivity contribution is 14.0. The van der Waals surface area contributed by atoms with E-state index in [1.165, 1.54) is 17.0 Å². The van der Waals surface area contributed by atoms with E-state index in [2.05, 4.69) is 20.9 Å². The van der Waals surface area contributed by atoms with Crippen LogP contribution in [0.25, 0.3) is 0 Å². The van der Waals surface area contributed by atoms with Gasteiger partial charge in [-0.1, -0.05) is 19.1 Å². The predicted molar refractivity (Wildman–Crippen MR) is 128 cm³/mol. The van der Waals surface area contributed by atoms with Crippen LogP contribution in [0.4, 0.5) is 18.0 Å². The molecule has 1 aromatic rings. The number of rotatable bonds is 9. The van der Waals surface area contributed by atoms with Crippen LogP contribution < -0.4 is 16.0 Å². The molecule has 0 spiro atoms. The van der Waals surface area contributed by atoms with Crippen molar-refractivity contribution >= 4 is 41.9 Å². The summed E-state index contributed by atoms with van der Waals surface area (Å²) < 4.78 is 37.9. The molecule has 0 aliphatic carbocycles. The molecular weight excluding hydrogens is 538 g/mol. The molecule has 3 amide bonds. The quantitative estimate of drug-likeness (QED) is 0.140. The molecule has 7 nitrogen and oxygen atoms in total. The van der Waals surface area contributed by atoms with Gasteiger partial charge in [0.2, 0.25) is 0 Å². The Kier molecular flexibility index (Phi) is 10.7. The average molecular weight is 569 g/mol. The number of nitrogens with zero attached hydrogens (tertiary/aromatic N) is 2. The van der Waals surface area contributed by atoms with Crippen LogP contribution in [0.5, 0.6) is 0 Å². The predicted octanol–water partition coefficient (Wildman–Crippen LogP) is 3.53. The fourth-order valence-electron chi connectivity index (χ4n) is 3.14. The molecule has 0 radical (unpaired) electrons.